The number of rotatable bonds is 3. The summed E-state index contributed by atoms with van der Waals surface area (Å²) in [4.78, 5) is 12.3. The van der Waals surface area contributed by atoms with Crippen molar-refractivity contribution in [3.05, 3.63) is 18.0 Å². The van der Waals surface area contributed by atoms with Crippen LogP contribution in [0.1, 0.15) is 37.7 Å². The van der Waals surface area contributed by atoms with Gasteiger partial charge in [0.1, 0.15) is 0 Å². The maximum Gasteiger partial charge on any atom is 0.223 e. The van der Waals surface area contributed by atoms with Crippen molar-refractivity contribution in [3.63, 3.8) is 0 Å². The van der Waals surface area contributed by atoms with Crippen molar-refractivity contribution in [2.24, 2.45) is 30.5 Å². The summed E-state index contributed by atoms with van der Waals surface area (Å²) in [6.07, 6.45) is 9.35. The molecule has 0 saturated heterocycles. The molecule has 1 aromatic rings. The van der Waals surface area contributed by atoms with E-state index in [1.807, 2.05) is 13.2 Å². The van der Waals surface area contributed by atoms with Gasteiger partial charge in [-0.15, -0.1) is 12.4 Å². The van der Waals surface area contributed by atoms with Crippen LogP contribution in [0.15, 0.2) is 12.4 Å². The Morgan fingerprint density at radius 3 is 2.67 bits per heavy atom. The normalized spacial score (nSPS) is 31.3. The fourth-order valence-electron chi connectivity index (χ4n) is 3.90. The van der Waals surface area contributed by atoms with E-state index in [-0.39, 0.29) is 24.2 Å². The molecule has 2 aliphatic carbocycles. The van der Waals surface area contributed by atoms with E-state index in [0.717, 1.165) is 18.4 Å². The van der Waals surface area contributed by atoms with Crippen LogP contribution in [0, 0.1) is 17.8 Å². The topological polar surface area (TPSA) is 72.9 Å². The Morgan fingerprint density at radius 1 is 1.43 bits per heavy atom. The van der Waals surface area contributed by atoms with Crippen LogP contribution in [-0.4, -0.2) is 21.7 Å². The number of carbonyl (C=O) groups excluding carboxylic acids is 1. The summed E-state index contributed by atoms with van der Waals surface area (Å²) in [7, 11) is 1.88. The van der Waals surface area contributed by atoms with Gasteiger partial charge in [0, 0.05) is 37.3 Å². The molecule has 0 radical (unpaired) electrons. The second kappa shape index (κ2) is 6.79. The molecule has 0 spiro atoms. The van der Waals surface area contributed by atoms with E-state index in [4.69, 9.17) is 5.73 Å². The molecule has 0 aliphatic heterocycles. The summed E-state index contributed by atoms with van der Waals surface area (Å²) in [6.45, 7) is 0.574. The fourth-order valence-corrected chi connectivity index (χ4v) is 3.90. The van der Waals surface area contributed by atoms with Crippen molar-refractivity contribution in [1.82, 2.24) is 15.1 Å². The van der Waals surface area contributed by atoms with Crippen LogP contribution in [-0.2, 0) is 18.4 Å². The highest BCUT2D eigenvalue weighted by Crippen LogP contribution is 2.41. The van der Waals surface area contributed by atoms with Crippen molar-refractivity contribution in [2.45, 2.75) is 44.7 Å². The smallest absolute Gasteiger partial charge is 0.223 e. The molecule has 1 aromatic heterocycles. The lowest BCUT2D eigenvalue weighted by atomic mass is 9.65. The lowest BCUT2D eigenvalue weighted by Gasteiger charge is -2.43. The average molecular weight is 313 g/mol. The van der Waals surface area contributed by atoms with Crippen LogP contribution in [0.3, 0.4) is 0 Å². The molecule has 2 saturated carbocycles. The van der Waals surface area contributed by atoms with Gasteiger partial charge in [-0.25, -0.2) is 0 Å². The number of nitrogens with zero attached hydrogens (tertiary/aromatic N) is 2. The number of aryl methyl sites for hydroxylation is 1. The number of hydrogen-bond acceptors (Lipinski definition) is 3. The molecule has 3 N–H and O–H groups in total. The van der Waals surface area contributed by atoms with Gasteiger partial charge in [0.2, 0.25) is 5.91 Å². The molecule has 21 heavy (non-hydrogen) atoms. The summed E-state index contributed by atoms with van der Waals surface area (Å²) < 4.78 is 1.76. The van der Waals surface area contributed by atoms with Gasteiger partial charge in [0.05, 0.1) is 6.20 Å². The first-order valence-electron chi connectivity index (χ1n) is 7.64. The van der Waals surface area contributed by atoms with Crippen molar-refractivity contribution in [1.29, 1.82) is 0 Å². The second-order valence-corrected chi connectivity index (χ2v) is 6.44. The largest absolute Gasteiger partial charge is 0.352 e. The number of amides is 1. The number of hydrogen-bond donors (Lipinski definition) is 2. The van der Waals surface area contributed by atoms with Gasteiger partial charge in [-0.2, -0.15) is 5.10 Å². The Labute approximate surface area is 132 Å². The minimum Gasteiger partial charge on any atom is -0.352 e. The predicted octanol–water partition coefficient (Wildman–Crippen LogP) is 1.61. The molecule has 0 aromatic carbocycles. The van der Waals surface area contributed by atoms with Crippen LogP contribution < -0.4 is 11.1 Å². The van der Waals surface area contributed by atoms with Crippen molar-refractivity contribution in [2.75, 3.05) is 0 Å². The number of nitrogens with two attached hydrogens (primary N) is 1. The zero-order chi connectivity index (χ0) is 14.1. The number of carbonyl (C=O) groups is 1. The molecular weight excluding hydrogens is 288 g/mol. The van der Waals surface area contributed by atoms with Crippen molar-refractivity contribution in [3.8, 4) is 0 Å². The van der Waals surface area contributed by atoms with E-state index in [1.54, 1.807) is 10.9 Å². The number of halogens is 1. The zero-order valence-corrected chi connectivity index (χ0v) is 13.3. The summed E-state index contributed by atoms with van der Waals surface area (Å²) in [5, 5.41) is 7.17. The summed E-state index contributed by atoms with van der Waals surface area (Å²) in [5.74, 6) is 1.45. The third-order valence-corrected chi connectivity index (χ3v) is 5.01. The molecule has 2 fully saturated rings. The Hall–Kier alpha value is -1.07. The van der Waals surface area contributed by atoms with Gasteiger partial charge in [-0.1, -0.05) is 6.42 Å². The van der Waals surface area contributed by atoms with Gasteiger partial charge < -0.3 is 11.1 Å². The molecule has 2 aliphatic rings. The minimum absolute atomic E-state index is 0. The molecule has 2 atom stereocenters. The van der Waals surface area contributed by atoms with Gasteiger partial charge in [0.15, 0.2) is 0 Å². The average Bonchev–Trinajstić information content (AvgIpc) is 2.81. The maximum atomic E-state index is 12.3. The number of nitrogens with one attached hydrogen (secondary N) is 1. The Balaban J connectivity index is 0.00000161. The summed E-state index contributed by atoms with van der Waals surface area (Å²) >= 11 is 0. The van der Waals surface area contributed by atoms with E-state index < -0.39 is 0 Å². The van der Waals surface area contributed by atoms with Crippen LogP contribution in [0.2, 0.25) is 0 Å². The number of fused-ring (bicyclic) bond motifs is 2. The minimum atomic E-state index is 0. The highest BCUT2D eigenvalue weighted by Gasteiger charge is 2.40. The van der Waals surface area contributed by atoms with E-state index in [0.29, 0.717) is 24.4 Å². The molecule has 5 nitrogen and oxygen atoms in total. The molecule has 118 valence electrons. The van der Waals surface area contributed by atoms with Gasteiger partial charge in [-0.05, 0) is 37.5 Å². The van der Waals surface area contributed by atoms with Gasteiger partial charge in [0.25, 0.3) is 0 Å². The van der Waals surface area contributed by atoms with Gasteiger partial charge >= 0.3 is 0 Å². The van der Waals surface area contributed by atoms with Crippen molar-refractivity contribution >= 4 is 18.3 Å². The van der Waals surface area contributed by atoms with E-state index in [1.165, 1.54) is 19.3 Å². The maximum absolute atomic E-state index is 12.3. The van der Waals surface area contributed by atoms with E-state index >= 15 is 0 Å². The Bertz CT molecular complexity index is 476. The third kappa shape index (κ3) is 3.58. The van der Waals surface area contributed by atoms with Crippen LogP contribution in [0.25, 0.3) is 0 Å². The molecule has 2 unspecified atom stereocenters. The number of aromatic nitrogens is 2. The second-order valence-electron chi connectivity index (χ2n) is 6.44. The molecule has 2 bridgehead atoms. The summed E-state index contributed by atoms with van der Waals surface area (Å²) in [5.41, 5.74) is 7.32. The van der Waals surface area contributed by atoms with Crippen molar-refractivity contribution < 1.29 is 4.79 Å². The molecule has 3 rings (SSSR count). The quantitative estimate of drug-likeness (QED) is 0.890. The van der Waals surface area contributed by atoms with E-state index in [9.17, 15) is 4.79 Å². The van der Waals surface area contributed by atoms with Crippen LogP contribution in [0.5, 0.6) is 0 Å². The monoisotopic (exact) mass is 312 g/mol. The third-order valence-electron chi connectivity index (χ3n) is 5.01. The lowest BCUT2D eigenvalue weighted by Crippen LogP contribution is -2.49. The molecule has 1 heterocycles. The first-order valence-corrected chi connectivity index (χ1v) is 7.64. The highest BCUT2D eigenvalue weighted by molar-refractivity contribution is 5.85. The van der Waals surface area contributed by atoms with Gasteiger partial charge in [-0.3, -0.25) is 9.48 Å². The Kier molecular flexibility index (Phi) is 5.27. The standard InChI is InChI=1S/C15H24N4O.ClH/c1-19-9-10(8-18-19)7-17-15(20)13-5-11-3-2-4-12(6-13)14(11)16;/h8-9,11-14H,2-7,16H2,1H3,(H,17,20);1H. The molecule has 1 amide bonds. The summed E-state index contributed by atoms with van der Waals surface area (Å²) in [6, 6.07) is 0.325. The zero-order valence-electron chi connectivity index (χ0n) is 12.5. The Morgan fingerprint density at radius 2 is 2.10 bits per heavy atom. The first-order chi connectivity index (χ1) is 9.63. The van der Waals surface area contributed by atoms with E-state index in [2.05, 4.69) is 10.4 Å². The highest BCUT2D eigenvalue weighted by atomic mass is 35.5. The first kappa shape index (κ1) is 16.3. The SMILES string of the molecule is Cl.Cn1cc(CNC(=O)C2CC3CCCC(C2)C3N)cn1. The predicted molar refractivity (Wildman–Crippen MR) is 83.8 cm³/mol. The molecular formula is C15H25ClN4O. The fraction of sp³-hybridized carbons (Fsp3) is 0.733. The lowest BCUT2D eigenvalue weighted by molar-refractivity contribution is -0.128. The van der Waals surface area contributed by atoms with Crippen LogP contribution in [0.4, 0.5) is 0 Å². The molecule has 6 heteroatoms. The van der Waals surface area contributed by atoms with Crippen LogP contribution >= 0.6 is 12.4 Å².